The first-order valence-electron chi connectivity index (χ1n) is 7.76. The van der Waals surface area contributed by atoms with Crippen LogP contribution in [0.15, 0.2) is 0 Å². The molecule has 4 heteroatoms. The van der Waals surface area contributed by atoms with Crippen LogP contribution in [0.3, 0.4) is 0 Å². The molecule has 0 aromatic carbocycles. The van der Waals surface area contributed by atoms with Crippen molar-refractivity contribution in [1.29, 1.82) is 0 Å². The fraction of sp³-hybridized carbons (Fsp3) is 0.933. The van der Waals surface area contributed by atoms with Gasteiger partial charge in [-0.1, -0.05) is 59.3 Å². The molecular weight excluding hydrogens is 256 g/mol. The Morgan fingerprint density at radius 1 is 1.00 bits per heavy atom. The summed E-state index contributed by atoms with van der Waals surface area (Å²) in [6, 6.07) is 0. The van der Waals surface area contributed by atoms with Crippen molar-refractivity contribution in [1.82, 2.24) is 0 Å². The van der Waals surface area contributed by atoms with Crippen molar-refractivity contribution in [3.63, 3.8) is 0 Å². The molecule has 0 saturated carbocycles. The lowest BCUT2D eigenvalue weighted by Gasteiger charge is -2.25. The molecule has 19 heavy (non-hydrogen) atoms. The van der Waals surface area contributed by atoms with Crippen molar-refractivity contribution < 1.29 is 14.0 Å². The zero-order chi connectivity index (χ0) is 14.7. The van der Waals surface area contributed by atoms with Gasteiger partial charge in [0.05, 0.1) is 6.61 Å². The smallest absolute Gasteiger partial charge is 0.489 e. The first-order valence-corrected chi connectivity index (χ1v) is 10.7. The Hall–Kier alpha value is -0.513. The third-order valence-corrected chi connectivity index (χ3v) is 7.18. The third-order valence-electron chi connectivity index (χ3n) is 3.70. The molecule has 0 radical (unpaired) electrons. The minimum atomic E-state index is -1.91. The van der Waals surface area contributed by atoms with E-state index < -0.39 is 14.5 Å². The lowest BCUT2D eigenvalue weighted by Crippen LogP contribution is -2.36. The summed E-state index contributed by atoms with van der Waals surface area (Å²) in [5.41, 5.74) is 0.415. The van der Waals surface area contributed by atoms with Gasteiger partial charge >= 0.3 is 6.16 Å². The predicted molar refractivity (Wildman–Crippen MR) is 83.0 cm³/mol. The molecule has 0 aromatic rings. The molecule has 114 valence electrons. The van der Waals surface area contributed by atoms with Crippen LogP contribution >= 0.6 is 0 Å². The maximum absolute atomic E-state index is 11.5. The van der Waals surface area contributed by atoms with Crippen molar-refractivity contribution in [2.24, 2.45) is 0 Å². The highest BCUT2D eigenvalue weighted by molar-refractivity contribution is 6.73. The van der Waals surface area contributed by atoms with E-state index in [0.29, 0.717) is 12.1 Å². The minimum Gasteiger partial charge on any atom is -0.489 e. The molecular formula is C15H32O3Si. The van der Waals surface area contributed by atoms with Gasteiger partial charge in [-0.25, -0.2) is 4.79 Å². The quantitative estimate of drug-likeness (QED) is 0.302. The van der Waals surface area contributed by atoms with E-state index in [1.54, 1.807) is 0 Å². The number of ether oxygens (including phenoxy) is 1. The predicted octanol–water partition coefficient (Wildman–Crippen LogP) is 5.51. The van der Waals surface area contributed by atoms with E-state index in [4.69, 9.17) is 9.16 Å². The van der Waals surface area contributed by atoms with Gasteiger partial charge in [0.2, 0.25) is 0 Å². The lowest BCUT2D eigenvalue weighted by molar-refractivity contribution is 0.0940. The fourth-order valence-electron chi connectivity index (χ4n) is 1.58. The van der Waals surface area contributed by atoms with E-state index in [0.717, 1.165) is 12.8 Å². The number of hydrogen-bond donors (Lipinski definition) is 0. The normalized spacial score (nSPS) is 11.7. The standard InChI is InChI=1S/C15H32O3Si/c1-6-7-8-9-10-11-12-13-17-15(16)18-19(4,5)14(2)3/h14H,6-13H2,1-5H3. The van der Waals surface area contributed by atoms with Gasteiger partial charge in [-0.15, -0.1) is 0 Å². The van der Waals surface area contributed by atoms with Gasteiger partial charge in [0.15, 0.2) is 0 Å². The topological polar surface area (TPSA) is 35.5 Å². The number of unbranched alkanes of at least 4 members (excludes halogenated alkanes) is 6. The van der Waals surface area contributed by atoms with Crippen molar-refractivity contribution in [3.8, 4) is 0 Å². The van der Waals surface area contributed by atoms with E-state index in [1.165, 1.54) is 32.1 Å². The average molecular weight is 289 g/mol. The SMILES string of the molecule is CCCCCCCCCOC(=O)O[Si](C)(C)C(C)C. The van der Waals surface area contributed by atoms with Crippen LogP contribution in [0.25, 0.3) is 0 Å². The number of hydrogen-bond acceptors (Lipinski definition) is 3. The molecule has 0 fully saturated rings. The lowest BCUT2D eigenvalue weighted by atomic mass is 10.1. The number of carbonyl (C=O) groups excluding carboxylic acids is 1. The van der Waals surface area contributed by atoms with Crippen LogP contribution < -0.4 is 0 Å². The van der Waals surface area contributed by atoms with Gasteiger partial charge in [0.1, 0.15) is 0 Å². The summed E-state index contributed by atoms with van der Waals surface area (Å²) in [6.07, 6.45) is 8.09. The molecule has 0 unspecified atom stereocenters. The molecule has 0 spiro atoms. The summed E-state index contributed by atoms with van der Waals surface area (Å²) in [7, 11) is -1.91. The molecule has 0 saturated heterocycles. The first-order chi connectivity index (χ1) is 8.90. The average Bonchev–Trinajstić information content (AvgIpc) is 2.31. The second-order valence-corrected chi connectivity index (χ2v) is 10.6. The van der Waals surface area contributed by atoms with Crippen molar-refractivity contribution in [3.05, 3.63) is 0 Å². The Morgan fingerprint density at radius 3 is 2.05 bits per heavy atom. The second-order valence-electron chi connectivity index (χ2n) is 6.08. The summed E-state index contributed by atoms with van der Waals surface area (Å²) in [6.45, 7) is 11.0. The molecule has 0 aliphatic rings. The molecule has 0 aromatic heterocycles. The van der Waals surface area contributed by atoms with Gasteiger partial charge in [0, 0.05) is 0 Å². The largest absolute Gasteiger partial charge is 0.494 e. The zero-order valence-electron chi connectivity index (χ0n) is 13.5. The Balaban J connectivity index is 3.49. The van der Waals surface area contributed by atoms with Crippen molar-refractivity contribution in [2.45, 2.75) is 84.4 Å². The van der Waals surface area contributed by atoms with Gasteiger partial charge in [-0.05, 0) is 25.1 Å². The Labute approximate surface area is 120 Å². The molecule has 0 heterocycles. The van der Waals surface area contributed by atoms with Crippen LogP contribution in [0.4, 0.5) is 4.79 Å². The van der Waals surface area contributed by atoms with Gasteiger partial charge in [0.25, 0.3) is 8.32 Å². The first kappa shape index (κ1) is 18.5. The van der Waals surface area contributed by atoms with Gasteiger partial charge in [-0.3, -0.25) is 0 Å². The van der Waals surface area contributed by atoms with Crippen LogP contribution in [0.1, 0.15) is 65.7 Å². The van der Waals surface area contributed by atoms with E-state index in [9.17, 15) is 4.79 Å². The summed E-state index contributed by atoms with van der Waals surface area (Å²) >= 11 is 0. The molecule has 0 bridgehead atoms. The Bertz CT molecular complexity index is 240. The molecule has 0 N–H and O–H groups in total. The summed E-state index contributed by atoms with van der Waals surface area (Å²) < 4.78 is 10.6. The minimum absolute atomic E-state index is 0.415. The molecule has 0 aliphatic carbocycles. The van der Waals surface area contributed by atoms with Crippen LogP contribution in [0.5, 0.6) is 0 Å². The van der Waals surface area contributed by atoms with Gasteiger partial charge in [-0.2, -0.15) is 0 Å². The maximum Gasteiger partial charge on any atom is 0.494 e. The maximum atomic E-state index is 11.5. The Kier molecular flexibility index (Phi) is 10.0. The van der Waals surface area contributed by atoms with Crippen LogP contribution in [-0.2, 0) is 9.16 Å². The van der Waals surface area contributed by atoms with E-state index >= 15 is 0 Å². The van der Waals surface area contributed by atoms with Crippen molar-refractivity contribution in [2.75, 3.05) is 6.61 Å². The summed E-state index contributed by atoms with van der Waals surface area (Å²) in [4.78, 5) is 11.5. The molecule has 0 atom stereocenters. The highest BCUT2D eigenvalue weighted by Crippen LogP contribution is 2.21. The summed E-state index contributed by atoms with van der Waals surface area (Å²) in [5.74, 6) is 0. The fourth-order valence-corrected chi connectivity index (χ4v) is 2.30. The highest BCUT2D eigenvalue weighted by Gasteiger charge is 2.31. The summed E-state index contributed by atoms with van der Waals surface area (Å²) in [5, 5.41) is 0. The van der Waals surface area contributed by atoms with E-state index in [-0.39, 0.29) is 0 Å². The monoisotopic (exact) mass is 288 g/mol. The number of rotatable bonds is 10. The zero-order valence-corrected chi connectivity index (χ0v) is 14.5. The van der Waals surface area contributed by atoms with Crippen LogP contribution in [0.2, 0.25) is 18.6 Å². The highest BCUT2D eigenvalue weighted by atomic mass is 28.4. The van der Waals surface area contributed by atoms with Crippen molar-refractivity contribution >= 4 is 14.5 Å². The number of carbonyl (C=O) groups is 1. The molecule has 0 rings (SSSR count). The van der Waals surface area contributed by atoms with Gasteiger partial charge < -0.3 is 9.16 Å². The third kappa shape index (κ3) is 9.99. The van der Waals surface area contributed by atoms with E-state index in [1.807, 2.05) is 13.1 Å². The molecule has 0 amide bonds. The Morgan fingerprint density at radius 2 is 1.53 bits per heavy atom. The van der Waals surface area contributed by atoms with Crippen LogP contribution in [-0.4, -0.2) is 21.1 Å². The molecule has 3 nitrogen and oxygen atoms in total. The second kappa shape index (κ2) is 10.3. The van der Waals surface area contributed by atoms with Crippen LogP contribution in [0, 0.1) is 0 Å². The molecule has 0 aliphatic heterocycles. The van der Waals surface area contributed by atoms with E-state index in [2.05, 4.69) is 20.8 Å².